The third-order valence-electron chi connectivity index (χ3n) is 2.16. The van der Waals surface area contributed by atoms with E-state index in [1.54, 1.807) is 0 Å². The summed E-state index contributed by atoms with van der Waals surface area (Å²) in [6.45, 7) is 1.51. The highest BCUT2D eigenvalue weighted by Gasteiger charge is 2.33. The van der Waals surface area contributed by atoms with Gasteiger partial charge in [0.15, 0.2) is 0 Å². The number of aromatic amines is 1. The fourth-order valence-electron chi connectivity index (χ4n) is 1.54. The van der Waals surface area contributed by atoms with E-state index < -0.39 is 22.7 Å². The zero-order valence-electron chi connectivity index (χ0n) is 8.22. The molecule has 0 fully saturated rings. The lowest BCUT2D eigenvalue weighted by molar-refractivity contribution is -0.136. The molecule has 0 saturated carbocycles. The quantitative estimate of drug-likeness (QED) is 0.751. The van der Waals surface area contributed by atoms with Gasteiger partial charge >= 0.3 is 6.18 Å². The van der Waals surface area contributed by atoms with Crippen molar-refractivity contribution in [3.8, 4) is 0 Å². The van der Waals surface area contributed by atoms with Gasteiger partial charge in [-0.2, -0.15) is 13.2 Å². The number of nitrogens with zero attached hydrogens (tertiary/aromatic N) is 1. The van der Waals surface area contributed by atoms with Crippen LogP contribution in [0.5, 0.6) is 0 Å². The van der Waals surface area contributed by atoms with Gasteiger partial charge in [0, 0.05) is 0 Å². The van der Waals surface area contributed by atoms with Crippen molar-refractivity contribution in [1.82, 2.24) is 9.97 Å². The highest BCUT2D eigenvalue weighted by molar-refractivity contribution is 5.81. The number of aryl methyl sites for hydroxylation is 1. The van der Waals surface area contributed by atoms with E-state index in [-0.39, 0.29) is 11.3 Å². The lowest BCUT2D eigenvalue weighted by Gasteiger charge is -2.09. The van der Waals surface area contributed by atoms with Crippen LogP contribution in [0.25, 0.3) is 10.9 Å². The van der Waals surface area contributed by atoms with Crippen molar-refractivity contribution in [3.05, 3.63) is 39.9 Å². The van der Waals surface area contributed by atoms with E-state index in [0.29, 0.717) is 0 Å². The van der Waals surface area contributed by atoms with E-state index in [4.69, 9.17) is 0 Å². The Balaban J connectivity index is 2.93. The van der Waals surface area contributed by atoms with Crippen molar-refractivity contribution in [3.63, 3.8) is 0 Å². The molecule has 0 amide bonds. The summed E-state index contributed by atoms with van der Waals surface area (Å²) in [4.78, 5) is 17.6. The molecule has 0 spiro atoms. The molecule has 3 nitrogen and oxygen atoms in total. The first kappa shape index (κ1) is 10.7. The zero-order valence-corrected chi connectivity index (χ0v) is 8.22. The Hall–Kier alpha value is -1.85. The number of H-pyrrole nitrogens is 1. The number of hydrogen-bond donors (Lipinski definition) is 1. The Bertz CT molecular complexity index is 601. The first-order valence-corrected chi connectivity index (χ1v) is 4.46. The van der Waals surface area contributed by atoms with E-state index in [9.17, 15) is 18.0 Å². The number of aromatic nitrogens is 2. The standard InChI is InChI=1S/C10H7F3N2O/c1-5-14-7-4-2-3-6(10(11,12)13)8(7)9(16)15-5/h2-4H,1H3,(H,14,15,16). The van der Waals surface area contributed by atoms with E-state index in [2.05, 4.69) is 9.97 Å². The van der Waals surface area contributed by atoms with Crippen LogP contribution in [0.15, 0.2) is 23.0 Å². The second kappa shape index (κ2) is 3.33. The SMILES string of the molecule is Cc1nc2cccc(C(F)(F)F)c2c(=O)[nH]1. The summed E-state index contributed by atoms with van der Waals surface area (Å²) in [6.07, 6.45) is -4.55. The van der Waals surface area contributed by atoms with Gasteiger partial charge in [-0.25, -0.2) is 4.98 Å². The maximum atomic E-state index is 12.6. The molecule has 0 bridgehead atoms. The van der Waals surface area contributed by atoms with E-state index in [0.717, 1.165) is 6.07 Å². The molecule has 2 rings (SSSR count). The molecule has 1 aromatic carbocycles. The monoisotopic (exact) mass is 228 g/mol. The summed E-state index contributed by atoms with van der Waals surface area (Å²) < 4.78 is 37.9. The summed E-state index contributed by atoms with van der Waals surface area (Å²) in [6, 6.07) is 3.48. The van der Waals surface area contributed by atoms with Crippen molar-refractivity contribution in [1.29, 1.82) is 0 Å². The number of alkyl halides is 3. The molecule has 2 aromatic rings. The van der Waals surface area contributed by atoms with Crippen molar-refractivity contribution < 1.29 is 13.2 Å². The Morgan fingerprint density at radius 2 is 2.00 bits per heavy atom. The summed E-state index contributed by atoms with van der Waals surface area (Å²) in [7, 11) is 0. The van der Waals surface area contributed by atoms with Gasteiger partial charge in [-0.05, 0) is 19.1 Å². The minimum atomic E-state index is -4.55. The first-order chi connectivity index (χ1) is 7.39. The van der Waals surface area contributed by atoms with Gasteiger partial charge < -0.3 is 4.98 Å². The minimum Gasteiger partial charge on any atom is -0.310 e. The molecule has 0 radical (unpaired) electrons. The minimum absolute atomic E-state index is 0.0519. The third-order valence-corrected chi connectivity index (χ3v) is 2.16. The van der Waals surface area contributed by atoms with Crippen molar-refractivity contribution >= 4 is 10.9 Å². The van der Waals surface area contributed by atoms with Crippen molar-refractivity contribution in [2.75, 3.05) is 0 Å². The van der Waals surface area contributed by atoms with Gasteiger partial charge in [-0.15, -0.1) is 0 Å². The van der Waals surface area contributed by atoms with Crippen LogP contribution < -0.4 is 5.56 Å². The highest BCUT2D eigenvalue weighted by Crippen LogP contribution is 2.32. The number of hydrogen-bond acceptors (Lipinski definition) is 2. The number of fused-ring (bicyclic) bond motifs is 1. The third kappa shape index (κ3) is 1.66. The molecule has 84 valence electrons. The topological polar surface area (TPSA) is 45.8 Å². The molecule has 0 aliphatic heterocycles. The number of halogens is 3. The zero-order chi connectivity index (χ0) is 11.9. The van der Waals surface area contributed by atoms with Gasteiger partial charge in [0.2, 0.25) is 0 Å². The summed E-state index contributed by atoms with van der Waals surface area (Å²) in [5.74, 6) is 0.289. The van der Waals surface area contributed by atoms with E-state index in [1.165, 1.54) is 19.1 Å². The van der Waals surface area contributed by atoms with Crippen LogP contribution in [0.2, 0.25) is 0 Å². The maximum absolute atomic E-state index is 12.6. The van der Waals surface area contributed by atoms with Crippen molar-refractivity contribution in [2.24, 2.45) is 0 Å². The van der Waals surface area contributed by atoms with Gasteiger partial charge in [-0.3, -0.25) is 4.79 Å². The Labute approximate surface area is 87.9 Å². The van der Waals surface area contributed by atoms with Crippen LogP contribution in [0.1, 0.15) is 11.4 Å². The summed E-state index contributed by atoms with van der Waals surface area (Å²) in [5.41, 5.74) is -1.68. The second-order valence-electron chi connectivity index (χ2n) is 3.35. The summed E-state index contributed by atoms with van der Waals surface area (Å²) in [5, 5.41) is -0.416. The molecule has 0 aliphatic carbocycles. The fourth-order valence-corrected chi connectivity index (χ4v) is 1.54. The molecular formula is C10H7F3N2O. The van der Waals surface area contributed by atoms with Gasteiger partial charge in [0.25, 0.3) is 5.56 Å². The predicted molar refractivity (Wildman–Crippen MR) is 52.1 cm³/mol. The maximum Gasteiger partial charge on any atom is 0.417 e. The summed E-state index contributed by atoms with van der Waals surface area (Å²) >= 11 is 0. The number of rotatable bonds is 0. The van der Waals surface area contributed by atoms with Crippen LogP contribution in [-0.2, 0) is 6.18 Å². The molecule has 16 heavy (non-hydrogen) atoms. The predicted octanol–water partition coefficient (Wildman–Crippen LogP) is 2.25. The molecule has 0 aliphatic rings. The van der Waals surface area contributed by atoms with E-state index in [1.807, 2.05) is 0 Å². The van der Waals surface area contributed by atoms with Crippen LogP contribution in [0, 0.1) is 6.92 Å². The van der Waals surface area contributed by atoms with Gasteiger partial charge in [0.05, 0.1) is 16.5 Å². The smallest absolute Gasteiger partial charge is 0.310 e. The van der Waals surface area contributed by atoms with E-state index >= 15 is 0 Å². The number of nitrogens with one attached hydrogen (secondary N) is 1. The van der Waals surface area contributed by atoms with Crippen LogP contribution in [0.3, 0.4) is 0 Å². The molecule has 1 N–H and O–H groups in total. The van der Waals surface area contributed by atoms with Crippen LogP contribution in [0.4, 0.5) is 13.2 Å². The normalized spacial score (nSPS) is 12.0. The lowest BCUT2D eigenvalue weighted by atomic mass is 10.1. The second-order valence-corrected chi connectivity index (χ2v) is 3.35. The van der Waals surface area contributed by atoms with Crippen LogP contribution in [-0.4, -0.2) is 9.97 Å². The van der Waals surface area contributed by atoms with Gasteiger partial charge in [0.1, 0.15) is 5.82 Å². The highest BCUT2D eigenvalue weighted by atomic mass is 19.4. The molecule has 1 aromatic heterocycles. The molecule has 0 saturated heterocycles. The fraction of sp³-hybridized carbons (Fsp3) is 0.200. The van der Waals surface area contributed by atoms with Crippen molar-refractivity contribution in [2.45, 2.75) is 13.1 Å². The van der Waals surface area contributed by atoms with Gasteiger partial charge in [-0.1, -0.05) is 6.07 Å². The average molecular weight is 228 g/mol. The molecule has 0 atom stereocenters. The largest absolute Gasteiger partial charge is 0.417 e. The average Bonchev–Trinajstić information content (AvgIpc) is 2.14. The Morgan fingerprint density at radius 1 is 1.31 bits per heavy atom. The molecular weight excluding hydrogens is 221 g/mol. The first-order valence-electron chi connectivity index (χ1n) is 4.46. The molecule has 0 unspecified atom stereocenters. The van der Waals surface area contributed by atoms with Crippen LogP contribution >= 0.6 is 0 Å². The lowest BCUT2D eigenvalue weighted by Crippen LogP contribution is -2.16. The Morgan fingerprint density at radius 3 is 2.62 bits per heavy atom. The molecule has 1 heterocycles. The number of benzene rings is 1. The Kier molecular flexibility index (Phi) is 2.22. The molecule has 6 heteroatoms.